The third-order valence-corrected chi connectivity index (χ3v) is 4.72. The number of pyridine rings is 1. The van der Waals surface area contributed by atoms with Gasteiger partial charge in [-0.25, -0.2) is 14.4 Å². The first-order chi connectivity index (χ1) is 14.5. The number of aromatic nitrogens is 3. The first-order valence-electron chi connectivity index (χ1n) is 9.42. The average Bonchev–Trinajstić information content (AvgIpc) is 2.73. The van der Waals surface area contributed by atoms with Crippen LogP contribution in [0.5, 0.6) is 0 Å². The van der Waals surface area contributed by atoms with E-state index in [1.807, 2.05) is 37.3 Å². The summed E-state index contributed by atoms with van der Waals surface area (Å²) in [6, 6.07) is 15.9. The Labute approximate surface area is 173 Å². The highest BCUT2D eigenvalue weighted by Gasteiger charge is 2.12. The molecule has 148 valence electrons. The molecule has 0 bridgehead atoms. The number of halogens is 1. The van der Waals surface area contributed by atoms with Crippen molar-refractivity contribution in [3.8, 4) is 33.6 Å². The molecule has 0 radical (unpaired) electrons. The Hall–Kier alpha value is -3.93. The molecule has 6 heteroatoms. The van der Waals surface area contributed by atoms with Gasteiger partial charge in [0.05, 0.1) is 6.42 Å². The maximum absolute atomic E-state index is 13.5. The van der Waals surface area contributed by atoms with Gasteiger partial charge in [-0.1, -0.05) is 24.3 Å². The zero-order valence-corrected chi connectivity index (χ0v) is 16.3. The molecule has 0 fully saturated rings. The summed E-state index contributed by atoms with van der Waals surface area (Å²) >= 11 is 0. The molecule has 4 rings (SSSR count). The van der Waals surface area contributed by atoms with E-state index in [2.05, 4.69) is 15.0 Å². The summed E-state index contributed by atoms with van der Waals surface area (Å²) < 4.78 is 13.5. The second kappa shape index (κ2) is 8.21. The van der Waals surface area contributed by atoms with Crippen molar-refractivity contribution in [3.63, 3.8) is 0 Å². The van der Waals surface area contributed by atoms with Crippen LogP contribution in [0.4, 0.5) is 4.39 Å². The number of aryl methyl sites for hydroxylation is 1. The van der Waals surface area contributed by atoms with Gasteiger partial charge in [0.2, 0.25) is 5.91 Å². The van der Waals surface area contributed by atoms with Gasteiger partial charge in [-0.05, 0) is 59.5 Å². The van der Waals surface area contributed by atoms with Crippen LogP contribution in [0.25, 0.3) is 33.6 Å². The summed E-state index contributed by atoms with van der Waals surface area (Å²) in [5.74, 6) is -0.298. The van der Waals surface area contributed by atoms with E-state index in [1.54, 1.807) is 30.7 Å². The molecule has 0 aliphatic carbocycles. The second-order valence-electron chi connectivity index (χ2n) is 7.01. The highest BCUT2D eigenvalue weighted by Crippen LogP contribution is 2.33. The fourth-order valence-corrected chi connectivity index (χ4v) is 3.35. The van der Waals surface area contributed by atoms with Gasteiger partial charge in [0.1, 0.15) is 5.82 Å². The number of primary amides is 1. The molecule has 0 unspecified atom stereocenters. The molecule has 0 aliphatic rings. The average molecular weight is 398 g/mol. The Kier molecular flexibility index (Phi) is 5.30. The van der Waals surface area contributed by atoms with Gasteiger partial charge >= 0.3 is 0 Å². The van der Waals surface area contributed by atoms with E-state index in [9.17, 15) is 9.18 Å². The Morgan fingerprint density at radius 3 is 2.40 bits per heavy atom. The first-order valence-corrected chi connectivity index (χ1v) is 9.42. The van der Waals surface area contributed by atoms with Crippen LogP contribution in [0.3, 0.4) is 0 Å². The summed E-state index contributed by atoms with van der Waals surface area (Å²) in [6.45, 7) is 1.93. The molecule has 2 heterocycles. The molecule has 0 saturated heterocycles. The van der Waals surface area contributed by atoms with Gasteiger partial charge in [-0.2, -0.15) is 0 Å². The lowest BCUT2D eigenvalue weighted by Crippen LogP contribution is -2.13. The minimum Gasteiger partial charge on any atom is -0.369 e. The van der Waals surface area contributed by atoms with Crippen LogP contribution < -0.4 is 5.73 Å². The van der Waals surface area contributed by atoms with Crippen molar-refractivity contribution in [2.24, 2.45) is 5.73 Å². The van der Waals surface area contributed by atoms with Crippen molar-refractivity contribution < 1.29 is 9.18 Å². The van der Waals surface area contributed by atoms with Crippen molar-refractivity contribution in [1.82, 2.24) is 15.0 Å². The van der Waals surface area contributed by atoms with Crippen LogP contribution in [0, 0.1) is 12.7 Å². The van der Waals surface area contributed by atoms with E-state index in [4.69, 9.17) is 5.73 Å². The monoisotopic (exact) mass is 398 g/mol. The van der Waals surface area contributed by atoms with Gasteiger partial charge in [-0.3, -0.25) is 9.78 Å². The van der Waals surface area contributed by atoms with Crippen molar-refractivity contribution in [2.45, 2.75) is 13.3 Å². The number of benzene rings is 2. The summed E-state index contributed by atoms with van der Waals surface area (Å²) in [4.78, 5) is 24.5. The van der Waals surface area contributed by atoms with E-state index in [0.29, 0.717) is 11.4 Å². The van der Waals surface area contributed by atoms with Crippen LogP contribution in [0.2, 0.25) is 0 Å². The Balaban J connectivity index is 1.80. The molecule has 4 aromatic rings. The van der Waals surface area contributed by atoms with Gasteiger partial charge < -0.3 is 5.73 Å². The molecule has 2 aromatic carbocycles. The smallest absolute Gasteiger partial charge is 0.221 e. The minimum absolute atomic E-state index is 0.144. The first kappa shape index (κ1) is 19.4. The predicted octanol–water partition coefficient (Wildman–Crippen LogP) is 4.35. The number of carbonyl (C=O) groups excluding carboxylic acids is 1. The number of hydrogen-bond donors (Lipinski definition) is 1. The lowest BCUT2D eigenvalue weighted by molar-refractivity contribution is -0.117. The highest BCUT2D eigenvalue weighted by molar-refractivity contribution is 5.85. The van der Waals surface area contributed by atoms with Crippen molar-refractivity contribution >= 4 is 5.91 Å². The molecule has 30 heavy (non-hydrogen) atoms. The molecule has 1 amide bonds. The number of carbonyl (C=O) groups is 1. The van der Waals surface area contributed by atoms with E-state index in [0.717, 1.165) is 33.5 Å². The standard InChI is InChI=1S/C24H19FN4O/c1-15-9-17(7-8-27-15)21-6-5-16(11-23(26)30)10-22(21)19-13-28-24(29-14-19)18-3-2-4-20(25)12-18/h2-10,12-14H,11H2,1H3,(H2,26,30). The maximum Gasteiger partial charge on any atom is 0.221 e. The number of amides is 1. The SMILES string of the molecule is Cc1cc(-c2ccc(CC(N)=O)cc2-c2cnc(-c3cccc(F)c3)nc2)ccn1. The molecule has 2 N–H and O–H groups in total. The number of hydrogen-bond acceptors (Lipinski definition) is 4. The molecule has 0 aliphatic heterocycles. The Bertz CT molecular complexity index is 1220. The summed E-state index contributed by atoms with van der Waals surface area (Å²) in [5.41, 5.74) is 11.3. The van der Waals surface area contributed by atoms with Gasteiger partial charge in [-0.15, -0.1) is 0 Å². The van der Waals surface area contributed by atoms with Crippen LogP contribution in [-0.2, 0) is 11.2 Å². The number of nitrogens with two attached hydrogens (primary N) is 1. The summed E-state index contributed by atoms with van der Waals surface area (Å²) in [7, 11) is 0. The van der Waals surface area contributed by atoms with Gasteiger partial charge in [0.25, 0.3) is 0 Å². The summed E-state index contributed by atoms with van der Waals surface area (Å²) in [6.07, 6.45) is 5.31. The molecule has 0 saturated carbocycles. The van der Waals surface area contributed by atoms with Crippen LogP contribution in [0.1, 0.15) is 11.3 Å². The van der Waals surface area contributed by atoms with Crippen molar-refractivity contribution in [1.29, 1.82) is 0 Å². The lowest BCUT2D eigenvalue weighted by Gasteiger charge is -2.13. The van der Waals surface area contributed by atoms with Gasteiger partial charge in [0, 0.05) is 35.4 Å². The third kappa shape index (κ3) is 4.22. The molecular weight excluding hydrogens is 379 g/mol. The van der Waals surface area contributed by atoms with Crippen molar-refractivity contribution in [2.75, 3.05) is 0 Å². The Morgan fingerprint density at radius 2 is 1.70 bits per heavy atom. The number of nitrogens with zero attached hydrogens (tertiary/aromatic N) is 3. The molecule has 5 nitrogen and oxygen atoms in total. The zero-order chi connectivity index (χ0) is 21.1. The lowest BCUT2D eigenvalue weighted by atomic mass is 9.93. The van der Waals surface area contributed by atoms with Crippen LogP contribution in [0.15, 0.2) is 73.2 Å². The van der Waals surface area contributed by atoms with E-state index < -0.39 is 5.91 Å². The number of rotatable bonds is 5. The molecule has 0 spiro atoms. The van der Waals surface area contributed by atoms with Crippen LogP contribution >= 0.6 is 0 Å². The predicted molar refractivity (Wildman–Crippen MR) is 114 cm³/mol. The van der Waals surface area contributed by atoms with Gasteiger partial charge in [0.15, 0.2) is 5.82 Å². The topological polar surface area (TPSA) is 81.8 Å². The molecular formula is C24H19FN4O. The minimum atomic E-state index is -0.397. The zero-order valence-electron chi connectivity index (χ0n) is 16.3. The fraction of sp³-hybridized carbons (Fsp3) is 0.0833. The molecule has 2 aromatic heterocycles. The summed E-state index contributed by atoms with van der Waals surface area (Å²) in [5, 5.41) is 0. The van der Waals surface area contributed by atoms with Crippen LogP contribution in [-0.4, -0.2) is 20.9 Å². The third-order valence-electron chi connectivity index (χ3n) is 4.72. The molecule has 0 atom stereocenters. The quantitative estimate of drug-likeness (QED) is 0.542. The normalized spacial score (nSPS) is 10.7. The highest BCUT2D eigenvalue weighted by atomic mass is 19.1. The Morgan fingerprint density at radius 1 is 0.900 bits per heavy atom. The fourth-order valence-electron chi connectivity index (χ4n) is 3.35. The van der Waals surface area contributed by atoms with E-state index >= 15 is 0 Å². The van der Waals surface area contributed by atoms with E-state index in [1.165, 1.54) is 12.1 Å². The largest absolute Gasteiger partial charge is 0.369 e. The maximum atomic E-state index is 13.5. The second-order valence-corrected chi connectivity index (χ2v) is 7.01. The van der Waals surface area contributed by atoms with E-state index in [-0.39, 0.29) is 12.2 Å². The van der Waals surface area contributed by atoms with Crippen molar-refractivity contribution in [3.05, 3.63) is 90.3 Å².